The van der Waals surface area contributed by atoms with Gasteiger partial charge in [0.1, 0.15) is 5.75 Å². The van der Waals surface area contributed by atoms with Gasteiger partial charge in [0.05, 0.1) is 5.02 Å². The first-order chi connectivity index (χ1) is 9.10. The summed E-state index contributed by atoms with van der Waals surface area (Å²) in [5, 5.41) is 3.62. The second-order valence-electron chi connectivity index (χ2n) is 3.82. The topological polar surface area (TPSA) is 34.2 Å². The molecule has 0 saturated heterocycles. The Kier molecular flexibility index (Phi) is 5.21. The highest BCUT2D eigenvalue weighted by atomic mass is 79.9. The minimum Gasteiger partial charge on any atom is -0.437 e. The van der Waals surface area contributed by atoms with E-state index in [0.717, 1.165) is 14.5 Å². The van der Waals surface area contributed by atoms with Crippen LogP contribution in [0.2, 0.25) is 5.02 Å². The molecule has 0 aliphatic carbocycles. The quantitative estimate of drug-likeness (QED) is 0.794. The lowest BCUT2D eigenvalue weighted by atomic mass is 10.2. The van der Waals surface area contributed by atoms with E-state index in [-0.39, 0.29) is 0 Å². The Morgan fingerprint density at radius 3 is 2.74 bits per heavy atom. The molecule has 100 valence electrons. The van der Waals surface area contributed by atoms with Crippen molar-refractivity contribution < 1.29 is 4.74 Å². The molecule has 0 unspecified atom stereocenters. The largest absolute Gasteiger partial charge is 0.437 e. The van der Waals surface area contributed by atoms with Gasteiger partial charge in [0, 0.05) is 27.3 Å². The molecule has 1 aromatic carbocycles. The second-order valence-corrected chi connectivity index (χ2v) is 6.06. The SMILES string of the molecule is CNCc1cc(Br)cnc1Oc1ccc(Br)cc1Cl. The van der Waals surface area contributed by atoms with Gasteiger partial charge < -0.3 is 10.1 Å². The summed E-state index contributed by atoms with van der Waals surface area (Å²) >= 11 is 12.9. The molecule has 0 radical (unpaired) electrons. The van der Waals surface area contributed by atoms with Gasteiger partial charge in [-0.25, -0.2) is 4.98 Å². The number of nitrogens with zero attached hydrogens (tertiary/aromatic N) is 1. The Balaban J connectivity index is 2.32. The van der Waals surface area contributed by atoms with Crippen molar-refractivity contribution in [2.75, 3.05) is 7.05 Å². The van der Waals surface area contributed by atoms with Crippen molar-refractivity contribution in [2.45, 2.75) is 6.54 Å². The maximum absolute atomic E-state index is 6.13. The van der Waals surface area contributed by atoms with Crippen molar-refractivity contribution in [1.82, 2.24) is 10.3 Å². The van der Waals surface area contributed by atoms with Crippen LogP contribution in [0.15, 0.2) is 39.4 Å². The molecule has 0 aliphatic rings. The third-order valence-electron chi connectivity index (χ3n) is 2.36. The molecule has 1 N–H and O–H groups in total. The fraction of sp³-hybridized carbons (Fsp3) is 0.154. The Labute approximate surface area is 133 Å². The van der Waals surface area contributed by atoms with Gasteiger partial charge >= 0.3 is 0 Å². The third kappa shape index (κ3) is 3.92. The monoisotopic (exact) mass is 404 g/mol. The van der Waals surface area contributed by atoms with Gasteiger partial charge in [-0.1, -0.05) is 27.5 Å². The van der Waals surface area contributed by atoms with Crippen LogP contribution in [0.1, 0.15) is 5.56 Å². The molecular weight excluding hydrogens is 395 g/mol. The van der Waals surface area contributed by atoms with Gasteiger partial charge in [0.2, 0.25) is 5.88 Å². The van der Waals surface area contributed by atoms with Gasteiger partial charge in [-0.2, -0.15) is 0 Å². The number of hydrogen-bond acceptors (Lipinski definition) is 3. The molecule has 2 rings (SSSR count). The van der Waals surface area contributed by atoms with Gasteiger partial charge in [-0.3, -0.25) is 0 Å². The molecule has 0 atom stereocenters. The third-order valence-corrected chi connectivity index (χ3v) is 3.58. The molecule has 0 fully saturated rings. The summed E-state index contributed by atoms with van der Waals surface area (Å²) < 4.78 is 7.59. The van der Waals surface area contributed by atoms with Crippen molar-refractivity contribution in [1.29, 1.82) is 0 Å². The lowest BCUT2D eigenvalue weighted by Crippen LogP contribution is -2.07. The highest BCUT2D eigenvalue weighted by Gasteiger charge is 2.09. The van der Waals surface area contributed by atoms with Crippen molar-refractivity contribution in [3.05, 3.63) is 50.0 Å². The highest BCUT2D eigenvalue weighted by molar-refractivity contribution is 9.10. The lowest BCUT2D eigenvalue weighted by Gasteiger charge is -2.11. The van der Waals surface area contributed by atoms with Gasteiger partial charge in [-0.05, 0) is 47.2 Å². The minimum absolute atomic E-state index is 0.537. The van der Waals surface area contributed by atoms with E-state index in [0.29, 0.717) is 23.2 Å². The zero-order chi connectivity index (χ0) is 13.8. The van der Waals surface area contributed by atoms with Crippen LogP contribution in [-0.4, -0.2) is 12.0 Å². The van der Waals surface area contributed by atoms with E-state index in [9.17, 15) is 0 Å². The summed E-state index contributed by atoms with van der Waals surface area (Å²) in [5.74, 6) is 1.12. The van der Waals surface area contributed by atoms with Crippen LogP contribution in [-0.2, 0) is 6.54 Å². The standard InChI is InChI=1S/C13H11Br2ClN2O/c1-17-6-8-4-10(15)7-18-13(8)19-12-3-2-9(14)5-11(12)16/h2-5,7,17H,6H2,1H3. The summed E-state index contributed by atoms with van der Waals surface area (Å²) in [4.78, 5) is 4.28. The van der Waals surface area contributed by atoms with Crippen LogP contribution >= 0.6 is 43.5 Å². The fourth-order valence-electron chi connectivity index (χ4n) is 1.54. The predicted octanol–water partition coefficient (Wildman–Crippen LogP) is 4.77. The maximum Gasteiger partial charge on any atom is 0.223 e. The van der Waals surface area contributed by atoms with Crippen molar-refractivity contribution >= 4 is 43.5 Å². The second kappa shape index (κ2) is 6.70. The number of nitrogens with one attached hydrogen (secondary N) is 1. The van der Waals surface area contributed by atoms with E-state index in [1.165, 1.54) is 0 Å². The number of ether oxygens (including phenoxy) is 1. The average molecular weight is 407 g/mol. The van der Waals surface area contributed by atoms with E-state index in [4.69, 9.17) is 16.3 Å². The average Bonchev–Trinajstić information content (AvgIpc) is 2.36. The number of hydrogen-bond donors (Lipinski definition) is 1. The molecule has 0 bridgehead atoms. The summed E-state index contributed by atoms with van der Waals surface area (Å²) in [6.45, 7) is 0.663. The van der Waals surface area contributed by atoms with Crippen LogP contribution in [0.5, 0.6) is 11.6 Å². The van der Waals surface area contributed by atoms with Crippen LogP contribution in [0.25, 0.3) is 0 Å². The van der Waals surface area contributed by atoms with Crippen molar-refractivity contribution in [2.24, 2.45) is 0 Å². The van der Waals surface area contributed by atoms with Crippen LogP contribution in [0, 0.1) is 0 Å². The molecular formula is C13H11Br2ClN2O. The van der Waals surface area contributed by atoms with Crippen molar-refractivity contribution in [3.63, 3.8) is 0 Å². The first-order valence-corrected chi connectivity index (χ1v) is 7.48. The Hall–Kier alpha value is -0.620. The molecule has 3 nitrogen and oxygen atoms in total. The molecule has 6 heteroatoms. The first-order valence-electron chi connectivity index (χ1n) is 5.52. The van der Waals surface area contributed by atoms with Gasteiger partial charge in [0.25, 0.3) is 0 Å². The molecule has 1 heterocycles. The lowest BCUT2D eigenvalue weighted by molar-refractivity contribution is 0.454. The van der Waals surface area contributed by atoms with E-state index in [1.54, 1.807) is 18.3 Å². The fourth-order valence-corrected chi connectivity index (χ4v) is 2.63. The number of benzene rings is 1. The number of halogens is 3. The number of rotatable bonds is 4. The van der Waals surface area contributed by atoms with Crippen molar-refractivity contribution in [3.8, 4) is 11.6 Å². The minimum atomic E-state index is 0.537. The molecule has 1 aromatic heterocycles. The van der Waals surface area contributed by atoms with Gasteiger partial charge in [-0.15, -0.1) is 0 Å². The molecule has 0 spiro atoms. The summed E-state index contributed by atoms with van der Waals surface area (Å²) in [6.07, 6.45) is 1.70. The van der Waals surface area contributed by atoms with E-state index < -0.39 is 0 Å². The predicted molar refractivity (Wildman–Crippen MR) is 83.9 cm³/mol. The molecule has 0 aliphatic heterocycles. The molecule has 2 aromatic rings. The number of pyridine rings is 1. The Bertz CT molecular complexity index is 593. The maximum atomic E-state index is 6.13. The van der Waals surface area contributed by atoms with E-state index >= 15 is 0 Å². The smallest absolute Gasteiger partial charge is 0.223 e. The van der Waals surface area contributed by atoms with Gasteiger partial charge in [0.15, 0.2) is 0 Å². The van der Waals surface area contributed by atoms with Crippen LogP contribution in [0.3, 0.4) is 0 Å². The summed E-state index contributed by atoms with van der Waals surface area (Å²) in [5.41, 5.74) is 0.955. The van der Waals surface area contributed by atoms with Crippen LogP contribution < -0.4 is 10.1 Å². The number of aromatic nitrogens is 1. The Morgan fingerprint density at radius 1 is 1.26 bits per heavy atom. The van der Waals surface area contributed by atoms with E-state index in [2.05, 4.69) is 42.2 Å². The summed E-state index contributed by atoms with van der Waals surface area (Å²) in [7, 11) is 1.87. The molecule has 0 amide bonds. The molecule has 19 heavy (non-hydrogen) atoms. The first kappa shape index (κ1) is 14.8. The normalized spacial score (nSPS) is 10.5. The zero-order valence-corrected chi connectivity index (χ0v) is 14.0. The molecule has 0 saturated carbocycles. The van der Waals surface area contributed by atoms with Crippen LogP contribution in [0.4, 0.5) is 0 Å². The summed E-state index contributed by atoms with van der Waals surface area (Å²) in [6, 6.07) is 7.43. The highest BCUT2D eigenvalue weighted by Crippen LogP contribution is 2.32. The Morgan fingerprint density at radius 2 is 2.05 bits per heavy atom. The zero-order valence-electron chi connectivity index (χ0n) is 10.1. The van der Waals surface area contributed by atoms with E-state index in [1.807, 2.05) is 19.2 Å².